The first-order valence-electron chi connectivity index (χ1n) is 6.51. The zero-order chi connectivity index (χ0) is 13.5. The molecule has 0 saturated heterocycles. The van der Waals surface area contributed by atoms with E-state index in [1.165, 1.54) is 0 Å². The van der Waals surface area contributed by atoms with Gasteiger partial charge in [0, 0.05) is 23.0 Å². The molecule has 96 valence electrons. The fraction of sp³-hybridized carbons (Fsp3) is 0. The minimum absolute atomic E-state index is 0.0465. The molecule has 3 nitrogen and oxygen atoms in total. The van der Waals surface area contributed by atoms with Crippen LogP contribution < -0.4 is 5.32 Å². The number of carbonyl (C=O) groups excluding carboxylic acids is 1. The lowest BCUT2D eigenvalue weighted by atomic mass is 10.0. The zero-order valence-electron chi connectivity index (χ0n) is 10.7. The molecule has 0 bridgehead atoms. The molecule has 0 fully saturated rings. The topological polar surface area (TPSA) is 44.9 Å². The van der Waals surface area contributed by atoms with Crippen LogP contribution in [0.3, 0.4) is 0 Å². The molecular weight excluding hydrogens is 248 g/mol. The van der Waals surface area contributed by atoms with Gasteiger partial charge in [0.05, 0.1) is 5.52 Å². The summed E-state index contributed by atoms with van der Waals surface area (Å²) >= 11 is 0. The molecular formula is C17H12N2O. The Morgan fingerprint density at radius 1 is 0.950 bits per heavy atom. The van der Waals surface area contributed by atoms with E-state index >= 15 is 0 Å². The Morgan fingerprint density at radius 2 is 1.85 bits per heavy atom. The number of nitrogens with one attached hydrogen (secondary N) is 2. The van der Waals surface area contributed by atoms with Gasteiger partial charge in [0.1, 0.15) is 0 Å². The van der Waals surface area contributed by atoms with Crippen molar-refractivity contribution in [2.75, 3.05) is 5.32 Å². The highest BCUT2D eigenvalue weighted by Gasteiger charge is 2.23. The van der Waals surface area contributed by atoms with Crippen molar-refractivity contribution in [1.29, 1.82) is 0 Å². The van der Waals surface area contributed by atoms with Crippen LogP contribution in [-0.2, 0) is 4.79 Å². The van der Waals surface area contributed by atoms with Crippen LogP contribution in [0.25, 0.3) is 22.6 Å². The van der Waals surface area contributed by atoms with Gasteiger partial charge in [-0.05, 0) is 29.2 Å². The minimum Gasteiger partial charge on any atom is -0.361 e. The Hall–Kier alpha value is -2.81. The standard InChI is InChI=1S/C17H12N2O/c20-17-14(13-6-1-2-7-15(13)19-17)10-12-5-3-4-11-8-9-18-16(11)12/h1-10,18H,(H,19,20)/b14-10+. The average molecular weight is 260 g/mol. The molecule has 20 heavy (non-hydrogen) atoms. The monoisotopic (exact) mass is 260 g/mol. The van der Waals surface area contributed by atoms with Crippen LogP contribution in [-0.4, -0.2) is 10.9 Å². The van der Waals surface area contributed by atoms with Crippen LogP contribution in [0.1, 0.15) is 11.1 Å². The number of fused-ring (bicyclic) bond motifs is 2. The lowest BCUT2D eigenvalue weighted by Crippen LogP contribution is -2.03. The summed E-state index contributed by atoms with van der Waals surface area (Å²) in [5.41, 5.74) is 4.62. The van der Waals surface area contributed by atoms with E-state index in [1.54, 1.807) is 0 Å². The van der Waals surface area contributed by atoms with Gasteiger partial charge in [0.25, 0.3) is 5.91 Å². The summed E-state index contributed by atoms with van der Waals surface area (Å²) in [5.74, 6) is -0.0465. The lowest BCUT2D eigenvalue weighted by Gasteiger charge is -2.00. The molecule has 3 aromatic rings. The van der Waals surface area contributed by atoms with Crippen molar-refractivity contribution < 1.29 is 4.79 Å². The molecule has 1 amide bonds. The minimum atomic E-state index is -0.0465. The smallest absolute Gasteiger partial charge is 0.256 e. The van der Waals surface area contributed by atoms with Gasteiger partial charge in [-0.3, -0.25) is 4.79 Å². The Bertz CT molecular complexity index is 858. The first-order valence-corrected chi connectivity index (χ1v) is 6.51. The van der Waals surface area contributed by atoms with Crippen molar-refractivity contribution in [3.05, 3.63) is 65.9 Å². The highest BCUT2D eigenvalue weighted by Crippen LogP contribution is 2.33. The summed E-state index contributed by atoms with van der Waals surface area (Å²) in [7, 11) is 0. The van der Waals surface area contributed by atoms with Crippen molar-refractivity contribution in [1.82, 2.24) is 4.98 Å². The predicted octanol–water partition coefficient (Wildman–Crippen LogP) is 3.66. The summed E-state index contributed by atoms with van der Waals surface area (Å²) in [5, 5.41) is 4.04. The third-order valence-corrected chi connectivity index (χ3v) is 3.63. The number of carbonyl (C=O) groups is 1. The van der Waals surface area contributed by atoms with Gasteiger partial charge in [-0.2, -0.15) is 0 Å². The zero-order valence-corrected chi connectivity index (χ0v) is 10.7. The van der Waals surface area contributed by atoms with E-state index in [4.69, 9.17) is 0 Å². The molecule has 1 aromatic heterocycles. The van der Waals surface area contributed by atoms with Crippen molar-refractivity contribution in [2.24, 2.45) is 0 Å². The molecule has 2 heterocycles. The SMILES string of the molecule is O=C1Nc2ccccc2/C1=C\c1cccc2cc[nH]c12. The number of anilines is 1. The van der Waals surface area contributed by atoms with Crippen LogP contribution in [0.2, 0.25) is 0 Å². The van der Waals surface area contributed by atoms with E-state index in [0.717, 1.165) is 27.7 Å². The van der Waals surface area contributed by atoms with E-state index < -0.39 is 0 Å². The molecule has 0 aliphatic carbocycles. The molecule has 1 aliphatic heterocycles. The molecule has 3 heteroatoms. The number of hydrogen-bond acceptors (Lipinski definition) is 1. The fourth-order valence-electron chi connectivity index (χ4n) is 2.67. The number of aromatic nitrogens is 1. The van der Waals surface area contributed by atoms with Gasteiger partial charge in [0.2, 0.25) is 0 Å². The third-order valence-electron chi connectivity index (χ3n) is 3.63. The van der Waals surface area contributed by atoms with E-state index in [2.05, 4.69) is 16.4 Å². The lowest BCUT2D eigenvalue weighted by molar-refractivity contribution is -0.110. The maximum absolute atomic E-state index is 12.1. The number of hydrogen-bond donors (Lipinski definition) is 2. The second-order valence-electron chi connectivity index (χ2n) is 4.85. The summed E-state index contributed by atoms with van der Waals surface area (Å²) in [4.78, 5) is 15.3. The van der Waals surface area contributed by atoms with Crippen molar-refractivity contribution in [3.63, 3.8) is 0 Å². The molecule has 2 aromatic carbocycles. The highest BCUT2D eigenvalue weighted by molar-refractivity contribution is 6.35. The largest absolute Gasteiger partial charge is 0.361 e. The molecule has 2 N–H and O–H groups in total. The summed E-state index contributed by atoms with van der Waals surface area (Å²) in [6.45, 7) is 0. The second kappa shape index (κ2) is 4.10. The number of aromatic amines is 1. The van der Waals surface area contributed by atoms with Gasteiger partial charge in [-0.1, -0.05) is 36.4 Å². The van der Waals surface area contributed by atoms with E-state index in [9.17, 15) is 4.79 Å². The quantitative estimate of drug-likeness (QED) is 0.644. The normalized spacial score (nSPS) is 15.6. The van der Waals surface area contributed by atoms with Crippen LogP contribution in [0.15, 0.2) is 54.7 Å². The van der Waals surface area contributed by atoms with Gasteiger partial charge >= 0.3 is 0 Å². The molecule has 0 atom stereocenters. The Balaban J connectivity index is 1.93. The van der Waals surface area contributed by atoms with Crippen LogP contribution >= 0.6 is 0 Å². The molecule has 0 radical (unpaired) electrons. The average Bonchev–Trinajstić information content (AvgIpc) is 3.05. The Kier molecular flexibility index (Phi) is 2.27. The van der Waals surface area contributed by atoms with E-state index in [0.29, 0.717) is 5.57 Å². The Morgan fingerprint density at radius 3 is 2.80 bits per heavy atom. The van der Waals surface area contributed by atoms with Gasteiger partial charge < -0.3 is 10.3 Å². The molecule has 1 aliphatic rings. The van der Waals surface area contributed by atoms with Crippen LogP contribution in [0.5, 0.6) is 0 Å². The molecule has 4 rings (SSSR count). The first-order chi connectivity index (χ1) is 9.83. The van der Waals surface area contributed by atoms with Gasteiger partial charge in [-0.15, -0.1) is 0 Å². The number of H-pyrrole nitrogens is 1. The van der Waals surface area contributed by atoms with E-state index in [-0.39, 0.29) is 5.91 Å². The van der Waals surface area contributed by atoms with Gasteiger partial charge in [0.15, 0.2) is 0 Å². The third kappa shape index (κ3) is 1.57. The number of para-hydroxylation sites is 2. The van der Waals surface area contributed by atoms with Crippen LogP contribution in [0.4, 0.5) is 5.69 Å². The first kappa shape index (κ1) is 11.1. The van der Waals surface area contributed by atoms with Crippen molar-refractivity contribution in [3.8, 4) is 0 Å². The predicted molar refractivity (Wildman–Crippen MR) is 81.2 cm³/mol. The number of benzene rings is 2. The fourth-order valence-corrected chi connectivity index (χ4v) is 2.67. The van der Waals surface area contributed by atoms with Crippen molar-refractivity contribution in [2.45, 2.75) is 0 Å². The second-order valence-corrected chi connectivity index (χ2v) is 4.85. The van der Waals surface area contributed by atoms with Crippen molar-refractivity contribution >= 4 is 34.1 Å². The maximum Gasteiger partial charge on any atom is 0.256 e. The molecule has 0 saturated carbocycles. The highest BCUT2D eigenvalue weighted by atomic mass is 16.2. The number of amides is 1. The number of rotatable bonds is 1. The van der Waals surface area contributed by atoms with Gasteiger partial charge in [-0.25, -0.2) is 0 Å². The molecule has 0 spiro atoms. The summed E-state index contributed by atoms with van der Waals surface area (Å²) in [6, 6.07) is 15.9. The van der Waals surface area contributed by atoms with E-state index in [1.807, 2.05) is 54.7 Å². The maximum atomic E-state index is 12.1. The molecule has 0 unspecified atom stereocenters. The summed E-state index contributed by atoms with van der Waals surface area (Å²) < 4.78 is 0. The van der Waals surface area contributed by atoms with Crippen LogP contribution in [0, 0.1) is 0 Å². The Labute approximate surface area is 115 Å². The summed E-state index contributed by atoms with van der Waals surface area (Å²) in [6.07, 6.45) is 3.86.